The van der Waals surface area contributed by atoms with Crippen LogP contribution in [0, 0.1) is 0 Å². The number of aliphatic hydroxyl groups is 1. The van der Waals surface area contributed by atoms with E-state index < -0.39 is 33.1 Å². The van der Waals surface area contributed by atoms with Crippen molar-refractivity contribution < 1.29 is 33.5 Å². The number of phosphoric acid groups is 1. The van der Waals surface area contributed by atoms with Crippen LogP contribution in [-0.4, -0.2) is 30.4 Å². The molecular formula is C23H37O7P-2. The number of esters is 1. The van der Waals surface area contributed by atoms with Gasteiger partial charge in [-0.2, -0.15) is 0 Å². The van der Waals surface area contributed by atoms with Gasteiger partial charge in [-0.1, -0.05) is 68.4 Å². The highest BCUT2D eigenvalue weighted by Crippen LogP contribution is 2.24. The molecule has 0 aliphatic heterocycles. The molecule has 0 aliphatic rings. The van der Waals surface area contributed by atoms with Crippen LogP contribution in [0.4, 0.5) is 0 Å². The fraction of sp³-hybridized carbons (Fsp3) is 0.609. The summed E-state index contributed by atoms with van der Waals surface area (Å²) in [5.74, 6) is -0.498. The molecule has 0 amide bonds. The lowest BCUT2D eigenvalue weighted by molar-refractivity contribution is -0.342. The van der Waals surface area contributed by atoms with Gasteiger partial charge in [0.15, 0.2) is 0 Å². The lowest BCUT2D eigenvalue weighted by Crippen LogP contribution is -2.26. The summed E-state index contributed by atoms with van der Waals surface area (Å²) in [6.45, 7) is 1.08. The molecule has 31 heavy (non-hydrogen) atoms. The van der Waals surface area contributed by atoms with Crippen molar-refractivity contribution in [1.82, 2.24) is 0 Å². The van der Waals surface area contributed by atoms with Crippen molar-refractivity contribution >= 4 is 13.8 Å². The van der Waals surface area contributed by atoms with E-state index in [4.69, 9.17) is 4.74 Å². The van der Waals surface area contributed by atoms with Crippen LogP contribution in [0.15, 0.2) is 48.6 Å². The molecule has 0 fully saturated rings. The average Bonchev–Trinajstić information content (AvgIpc) is 2.72. The van der Waals surface area contributed by atoms with Crippen LogP contribution >= 0.6 is 7.82 Å². The lowest BCUT2D eigenvalue weighted by atomic mass is 10.2. The molecule has 0 spiro atoms. The lowest BCUT2D eigenvalue weighted by Gasteiger charge is -2.29. The maximum Gasteiger partial charge on any atom is 0.305 e. The summed E-state index contributed by atoms with van der Waals surface area (Å²) < 4.78 is 19.0. The summed E-state index contributed by atoms with van der Waals surface area (Å²) in [6, 6.07) is 0. The van der Waals surface area contributed by atoms with E-state index in [1.807, 2.05) is 12.2 Å². The zero-order chi connectivity index (χ0) is 23.2. The van der Waals surface area contributed by atoms with Crippen LogP contribution in [0.25, 0.3) is 0 Å². The molecule has 0 saturated carbocycles. The van der Waals surface area contributed by atoms with Crippen LogP contribution in [0.1, 0.15) is 71.1 Å². The van der Waals surface area contributed by atoms with Gasteiger partial charge in [0.2, 0.25) is 0 Å². The van der Waals surface area contributed by atoms with Gasteiger partial charge in [0, 0.05) is 6.42 Å². The minimum absolute atomic E-state index is 0.188. The highest BCUT2D eigenvalue weighted by molar-refractivity contribution is 7.43. The molecule has 1 N–H and O–H groups in total. The summed E-state index contributed by atoms with van der Waals surface area (Å²) in [5, 5.41) is 9.36. The van der Waals surface area contributed by atoms with Gasteiger partial charge in [-0.05, 0) is 44.9 Å². The standard InChI is InChI=1S/C23H39O7P/c1-2-3-4-5-6-7-8-9-10-11-12-13-14-15-16-17-18-19-23(25)29-20-22(24)21-30-31(26,27)28/h6-7,9-10,12-13,15-16,22,24H,2-5,8,11,14,17-21H2,1H3,(H2,26,27,28)/p-2/b7-6-,10-9-,13-12-,16-15-/t22-/m1/s1. The van der Waals surface area contributed by atoms with Crippen LogP contribution in [0.5, 0.6) is 0 Å². The van der Waals surface area contributed by atoms with E-state index in [2.05, 4.69) is 47.9 Å². The maximum atomic E-state index is 11.5. The topological polar surface area (TPSA) is 119 Å². The number of ether oxygens (including phenoxy) is 1. The van der Waals surface area contributed by atoms with Crippen LogP contribution in [-0.2, 0) is 18.6 Å². The normalized spacial score (nSPS) is 13.8. The van der Waals surface area contributed by atoms with Gasteiger partial charge in [-0.25, -0.2) is 0 Å². The molecule has 0 rings (SSSR count). The number of unbranched alkanes of at least 4 members (excludes halogenated alkanes) is 4. The second kappa shape index (κ2) is 20.4. The van der Waals surface area contributed by atoms with Gasteiger partial charge >= 0.3 is 5.97 Å². The Kier molecular flexibility index (Phi) is 19.4. The Bertz CT molecular complexity index is 605. The Hall–Kier alpha value is -1.50. The SMILES string of the molecule is CCCCC/C=C\C/C=C\C/C=C\C/C=C\CCCC(=O)OC[C@@H](O)COP(=O)([O-])[O-]. The zero-order valence-electron chi connectivity index (χ0n) is 18.5. The molecule has 8 heteroatoms. The maximum absolute atomic E-state index is 11.5. The monoisotopic (exact) mass is 456 g/mol. The Balaban J connectivity index is 3.60. The van der Waals surface area contributed by atoms with Crippen molar-refractivity contribution in [1.29, 1.82) is 0 Å². The van der Waals surface area contributed by atoms with E-state index in [9.17, 15) is 24.3 Å². The van der Waals surface area contributed by atoms with Crippen molar-refractivity contribution in [3.05, 3.63) is 48.6 Å². The fourth-order valence-electron chi connectivity index (χ4n) is 2.41. The van der Waals surface area contributed by atoms with Gasteiger partial charge in [-0.15, -0.1) is 0 Å². The predicted molar refractivity (Wildman–Crippen MR) is 119 cm³/mol. The zero-order valence-corrected chi connectivity index (χ0v) is 19.4. The van der Waals surface area contributed by atoms with E-state index in [1.165, 1.54) is 25.7 Å². The third-order valence-corrected chi connectivity index (χ3v) is 4.54. The highest BCUT2D eigenvalue weighted by Gasteiger charge is 2.09. The second-order valence-electron chi connectivity index (χ2n) is 7.06. The summed E-state index contributed by atoms with van der Waals surface area (Å²) in [7, 11) is -5.13. The minimum atomic E-state index is -5.13. The van der Waals surface area contributed by atoms with E-state index in [0.717, 1.165) is 25.7 Å². The Morgan fingerprint density at radius 2 is 1.39 bits per heavy atom. The first-order chi connectivity index (χ1) is 14.8. The third-order valence-electron chi connectivity index (χ3n) is 4.07. The van der Waals surface area contributed by atoms with Crippen LogP contribution < -0.4 is 9.79 Å². The molecule has 0 aromatic rings. The number of rotatable bonds is 19. The Morgan fingerprint density at radius 1 is 0.871 bits per heavy atom. The van der Waals surface area contributed by atoms with Gasteiger partial charge < -0.3 is 28.7 Å². The average molecular weight is 457 g/mol. The molecule has 1 atom stereocenters. The largest absolute Gasteiger partial charge is 0.790 e. The van der Waals surface area contributed by atoms with E-state index in [1.54, 1.807) is 0 Å². The van der Waals surface area contributed by atoms with Crippen LogP contribution in [0.2, 0.25) is 0 Å². The molecule has 0 saturated heterocycles. The van der Waals surface area contributed by atoms with Crippen molar-refractivity contribution in [2.75, 3.05) is 13.2 Å². The summed E-state index contributed by atoms with van der Waals surface area (Å²) in [6.07, 6.45) is 25.0. The molecule has 0 radical (unpaired) electrons. The molecule has 0 heterocycles. The number of carbonyl (C=O) groups is 1. The summed E-state index contributed by atoms with van der Waals surface area (Å²) in [5.41, 5.74) is 0. The number of allylic oxidation sites excluding steroid dienone is 8. The smallest absolute Gasteiger partial charge is 0.305 e. The molecule has 178 valence electrons. The summed E-state index contributed by atoms with van der Waals surface area (Å²) >= 11 is 0. The summed E-state index contributed by atoms with van der Waals surface area (Å²) in [4.78, 5) is 32.1. The van der Waals surface area contributed by atoms with E-state index in [0.29, 0.717) is 6.42 Å². The number of hydrogen-bond acceptors (Lipinski definition) is 7. The number of aliphatic hydroxyl groups excluding tert-OH is 1. The molecule has 7 nitrogen and oxygen atoms in total. The molecule has 0 aliphatic carbocycles. The number of phosphoric ester groups is 1. The number of hydrogen-bond donors (Lipinski definition) is 1. The molecular weight excluding hydrogens is 419 g/mol. The van der Waals surface area contributed by atoms with E-state index >= 15 is 0 Å². The van der Waals surface area contributed by atoms with Crippen molar-refractivity contribution in [2.24, 2.45) is 0 Å². The minimum Gasteiger partial charge on any atom is -0.790 e. The van der Waals surface area contributed by atoms with Gasteiger partial charge in [0.25, 0.3) is 0 Å². The first-order valence-electron chi connectivity index (χ1n) is 11.0. The predicted octanol–water partition coefficient (Wildman–Crippen LogP) is 3.88. The van der Waals surface area contributed by atoms with Crippen LogP contribution in [0.3, 0.4) is 0 Å². The Labute approximate surface area is 186 Å². The van der Waals surface area contributed by atoms with Gasteiger partial charge in [0.1, 0.15) is 12.7 Å². The number of carbonyl (C=O) groups excluding carboxylic acids is 1. The Morgan fingerprint density at radius 3 is 1.90 bits per heavy atom. The first kappa shape index (κ1) is 29.5. The quantitative estimate of drug-likeness (QED) is 0.136. The molecule has 0 bridgehead atoms. The molecule has 0 aromatic heterocycles. The van der Waals surface area contributed by atoms with Crippen molar-refractivity contribution in [3.8, 4) is 0 Å². The molecule has 0 aromatic carbocycles. The van der Waals surface area contributed by atoms with Crippen molar-refractivity contribution in [2.45, 2.75) is 77.2 Å². The second-order valence-corrected chi connectivity index (χ2v) is 8.21. The van der Waals surface area contributed by atoms with Gasteiger partial charge in [0.05, 0.1) is 14.4 Å². The highest BCUT2D eigenvalue weighted by atomic mass is 31.2. The third kappa shape index (κ3) is 24.6. The first-order valence-corrected chi connectivity index (χ1v) is 12.4. The fourth-order valence-corrected chi connectivity index (χ4v) is 2.77. The van der Waals surface area contributed by atoms with Gasteiger partial charge in [-0.3, -0.25) is 4.79 Å². The molecule has 0 unspecified atom stereocenters. The van der Waals surface area contributed by atoms with Crippen molar-refractivity contribution in [3.63, 3.8) is 0 Å². The van der Waals surface area contributed by atoms with E-state index in [-0.39, 0.29) is 6.42 Å².